The maximum absolute atomic E-state index is 11.7. The number of amides is 2. The minimum absolute atomic E-state index is 0.480. The average molecular weight is 446 g/mol. The van der Waals surface area contributed by atoms with Crippen LogP contribution in [0.5, 0.6) is 0 Å². The lowest BCUT2D eigenvalue weighted by molar-refractivity contribution is -0.136. The van der Waals surface area contributed by atoms with Gasteiger partial charge < -0.3 is 10.6 Å². The summed E-state index contributed by atoms with van der Waals surface area (Å²) in [5.74, 6) is 0.464. The van der Waals surface area contributed by atoms with E-state index in [1.165, 1.54) is 5.56 Å². The first-order chi connectivity index (χ1) is 10.6. The number of hydrogen-bond acceptors (Lipinski definition) is 4. The van der Waals surface area contributed by atoms with Crippen LogP contribution in [0.2, 0.25) is 0 Å². The molecule has 2 N–H and O–H groups in total. The van der Waals surface area contributed by atoms with Crippen molar-refractivity contribution in [1.82, 2.24) is 5.32 Å². The molecule has 1 heterocycles. The van der Waals surface area contributed by atoms with Gasteiger partial charge in [-0.1, -0.05) is 6.07 Å². The van der Waals surface area contributed by atoms with Gasteiger partial charge in [0, 0.05) is 27.3 Å². The van der Waals surface area contributed by atoms with E-state index in [9.17, 15) is 9.59 Å². The van der Waals surface area contributed by atoms with Crippen molar-refractivity contribution in [3.63, 3.8) is 0 Å². The standard InChI is InChI=1S/C15H15IN2O2S2/c16-12-2-1-3-13(8-12)18-15(20)14(19)17-5-7-22-10-11-4-6-21-9-11/h1-4,6,8-9H,5,7,10H2,(H,17,19)(H,18,20). The molecule has 116 valence electrons. The number of carbonyl (C=O) groups excluding carboxylic acids is 2. The van der Waals surface area contributed by atoms with Gasteiger partial charge in [0.15, 0.2) is 0 Å². The first-order valence-electron chi connectivity index (χ1n) is 6.59. The normalized spacial score (nSPS) is 10.2. The highest BCUT2D eigenvalue weighted by Crippen LogP contribution is 2.14. The van der Waals surface area contributed by atoms with Crippen molar-refractivity contribution in [3.05, 3.63) is 50.2 Å². The Bertz CT molecular complexity index is 632. The predicted octanol–water partition coefficient (Wildman–Crippen LogP) is 3.34. The van der Waals surface area contributed by atoms with Crippen molar-refractivity contribution in [3.8, 4) is 0 Å². The Balaban J connectivity index is 1.65. The lowest BCUT2D eigenvalue weighted by Gasteiger charge is -2.06. The van der Waals surface area contributed by atoms with Gasteiger partial charge in [0.1, 0.15) is 0 Å². The van der Waals surface area contributed by atoms with Crippen molar-refractivity contribution in [2.75, 3.05) is 17.6 Å². The van der Waals surface area contributed by atoms with Gasteiger partial charge >= 0.3 is 11.8 Å². The smallest absolute Gasteiger partial charge is 0.313 e. The molecule has 22 heavy (non-hydrogen) atoms. The van der Waals surface area contributed by atoms with E-state index in [0.29, 0.717) is 12.2 Å². The van der Waals surface area contributed by atoms with Crippen LogP contribution in [0.15, 0.2) is 41.1 Å². The second-order valence-electron chi connectivity index (χ2n) is 4.40. The maximum Gasteiger partial charge on any atom is 0.313 e. The van der Waals surface area contributed by atoms with E-state index in [2.05, 4.69) is 44.7 Å². The lowest BCUT2D eigenvalue weighted by Crippen LogP contribution is -2.36. The Morgan fingerprint density at radius 2 is 2.09 bits per heavy atom. The molecule has 0 aliphatic heterocycles. The fraction of sp³-hybridized carbons (Fsp3) is 0.200. The number of hydrogen-bond donors (Lipinski definition) is 2. The zero-order valence-corrected chi connectivity index (χ0v) is 15.5. The van der Waals surface area contributed by atoms with Gasteiger partial charge in [-0.3, -0.25) is 9.59 Å². The molecular formula is C15H15IN2O2S2. The first kappa shape index (κ1) is 17.3. The summed E-state index contributed by atoms with van der Waals surface area (Å²) in [7, 11) is 0. The van der Waals surface area contributed by atoms with E-state index in [1.54, 1.807) is 29.2 Å². The Labute approximate surface area is 151 Å². The van der Waals surface area contributed by atoms with Gasteiger partial charge in [-0.25, -0.2) is 0 Å². The molecule has 1 aromatic heterocycles. The number of halogens is 1. The summed E-state index contributed by atoms with van der Waals surface area (Å²) in [5.41, 5.74) is 1.91. The summed E-state index contributed by atoms with van der Waals surface area (Å²) >= 11 is 5.56. The molecule has 2 aromatic rings. The molecular weight excluding hydrogens is 431 g/mol. The molecule has 0 saturated heterocycles. The van der Waals surface area contributed by atoms with Gasteiger partial charge in [-0.05, 0) is 63.2 Å². The van der Waals surface area contributed by atoms with Crippen LogP contribution >= 0.6 is 45.7 Å². The molecule has 0 aliphatic rings. The van der Waals surface area contributed by atoms with Crippen LogP contribution in [0.3, 0.4) is 0 Å². The molecule has 4 nitrogen and oxygen atoms in total. The highest BCUT2D eigenvalue weighted by Gasteiger charge is 2.12. The first-order valence-corrected chi connectivity index (χ1v) is 9.76. The van der Waals surface area contributed by atoms with Gasteiger partial charge in [0.2, 0.25) is 0 Å². The molecule has 0 spiro atoms. The van der Waals surface area contributed by atoms with Crippen LogP contribution in [0, 0.1) is 3.57 Å². The van der Waals surface area contributed by atoms with Crippen molar-refractivity contribution in [2.45, 2.75) is 5.75 Å². The predicted molar refractivity (Wildman–Crippen MR) is 101 cm³/mol. The Morgan fingerprint density at radius 3 is 2.82 bits per heavy atom. The Morgan fingerprint density at radius 1 is 1.23 bits per heavy atom. The minimum atomic E-state index is -0.634. The zero-order valence-electron chi connectivity index (χ0n) is 11.7. The molecule has 7 heteroatoms. The lowest BCUT2D eigenvalue weighted by atomic mass is 10.3. The molecule has 0 unspecified atom stereocenters. The molecule has 0 atom stereocenters. The van der Waals surface area contributed by atoms with Crippen molar-refractivity contribution in [1.29, 1.82) is 0 Å². The third-order valence-electron chi connectivity index (χ3n) is 2.67. The third-order valence-corrected chi connectivity index (χ3v) is 5.10. The Kier molecular flexibility index (Phi) is 7.20. The fourth-order valence-electron chi connectivity index (χ4n) is 1.64. The van der Waals surface area contributed by atoms with Crippen LogP contribution in [-0.2, 0) is 15.3 Å². The van der Waals surface area contributed by atoms with Gasteiger partial charge in [-0.15, -0.1) is 0 Å². The number of benzene rings is 1. The molecule has 0 bridgehead atoms. The third kappa shape index (κ3) is 5.98. The largest absolute Gasteiger partial charge is 0.347 e. The molecule has 2 rings (SSSR count). The fourth-order valence-corrected chi connectivity index (χ4v) is 3.76. The summed E-state index contributed by atoms with van der Waals surface area (Å²) in [5, 5.41) is 9.37. The molecule has 0 aliphatic carbocycles. The van der Waals surface area contributed by atoms with Crippen LogP contribution in [0.25, 0.3) is 0 Å². The van der Waals surface area contributed by atoms with E-state index in [1.807, 2.05) is 23.6 Å². The van der Waals surface area contributed by atoms with Gasteiger partial charge in [0.25, 0.3) is 0 Å². The zero-order chi connectivity index (χ0) is 15.8. The number of thiophene rings is 1. The van der Waals surface area contributed by atoms with Crippen molar-refractivity contribution < 1.29 is 9.59 Å². The number of carbonyl (C=O) groups is 2. The summed E-state index contributed by atoms with van der Waals surface area (Å²) in [6.07, 6.45) is 0. The highest BCUT2D eigenvalue weighted by atomic mass is 127. The molecule has 0 saturated carbocycles. The minimum Gasteiger partial charge on any atom is -0.347 e. The van der Waals surface area contributed by atoms with Crippen LogP contribution in [-0.4, -0.2) is 24.1 Å². The second-order valence-corrected chi connectivity index (χ2v) is 7.54. The summed E-state index contributed by atoms with van der Waals surface area (Å²) in [6, 6.07) is 9.40. The topological polar surface area (TPSA) is 58.2 Å². The van der Waals surface area contributed by atoms with Crippen LogP contribution < -0.4 is 10.6 Å². The monoisotopic (exact) mass is 446 g/mol. The SMILES string of the molecule is O=C(NCCSCc1ccsc1)C(=O)Nc1cccc(I)c1. The number of rotatable bonds is 6. The Hall–Kier alpha value is -1.06. The second kappa shape index (κ2) is 9.16. The van der Waals surface area contributed by atoms with E-state index >= 15 is 0 Å². The molecule has 0 fully saturated rings. The number of nitrogens with one attached hydrogen (secondary N) is 2. The molecule has 2 amide bonds. The van der Waals surface area contributed by atoms with Crippen LogP contribution in [0.4, 0.5) is 5.69 Å². The number of thioether (sulfide) groups is 1. The van der Waals surface area contributed by atoms with Gasteiger partial charge in [0.05, 0.1) is 0 Å². The quantitative estimate of drug-likeness (QED) is 0.407. The number of anilines is 1. The van der Waals surface area contributed by atoms with Crippen molar-refractivity contribution in [2.24, 2.45) is 0 Å². The van der Waals surface area contributed by atoms with E-state index in [-0.39, 0.29) is 0 Å². The highest BCUT2D eigenvalue weighted by molar-refractivity contribution is 14.1. The maximum atomic E-state index is 11.7. The summed E-state index contributed by atoms with van der Waals surface area (Å²) in [4.78, 5) is 23.4. The summed E-state index contributed by atoms with van der Waals surface area (Å²) < 4.78 is 1.00. The van der Waals surface area contributed by atoms with E-state index in [4.69, 9.17) is 0 Å². The van der Waals surface area contributed by atoms with E-state index < -0.39 is 11.8 Å². The molecule has 1 aromatic carbocycles. The van der Waals surface area contributed by atoms with Gasteiger partial charge in [-0.2, -0.15) is 23.1 Å². The summed E-state index contributed by atoms with van der Waals surface area (Å²) in [6.45, 7) is 0.480. The average Bonchev–Trinajstić information content (AvgIpc) is 3.00. The molecule has 0 radical (unpaired) electrons. The van der Waals surface area contributed by atoms with Crippen molar-refractivity contribution >= 4 is 63.2 Å². The van der Waals surface area contributed by atoms with Crippen LogP contribution in [0.1, 0.15) is 5.56 Å². The van der Waals surface area contributed by atoms with E-state index in [0.717, 1.165) is 15.1 Å².